The van der Waals surface area contributed by atoms with Crippen LogP contribution in [-0.4, -0.2) is 22.0 Å². The molecule has 0 atom stereocenters. The molecular weight excluding hydrogens is 188 g/mol. The van der Waals surface area contributed by atoms with E-state index in [9.17, 15) is 14.4 Å². The highest BCUT2D eigenvalue weighted by Crippen LogP contribution is 2.04. The molecule has 0 saturated heterocycles. The first-order valence-corrected chi connectivity index (χ1v) is 3.74. The Morgan fingerprint density at radius 1 is 1.50 bits per heavy atom. The van der Waals surface area contributed by atoms with Crippen molar-refractivity contribution in [1.82, 2.24) is 4.98 Å². The minimum Gasteiger partial charge on any atom is -0.477 e. The molecule has 0 aliphatic carbocycles. The van der Waals surface area contributed by atoms with Gasteiger partial charge in [-0.05, 0) is 6.07 Å². The quantitative estimate of drug-likeness (QED) is 0.621. The molecule has 6 heteroatoms. The molecule has 0 aliphatic rings. The van der Waals surface area contributed by atoms with Gasteiger partial charge < -0.3 is 15.4 Å². The van der Waals surface area contributed by atoms with Crippen LogP contribution < -0.4 is 10.9 Å². The number of aromatic amines is 1. The molecule has 3 N–H and O–H groups in total. The Morgan fingerprint density at radius 3 is 2.64 bits per heavy atom. The van der Waals surface area contributed by atoms with E-state index < -0.39 is 17.1 Å². The van der Waals surface area contributed by atoms with E-state index in [2.05, 4.69) is 10.3 Å². The number of carboxylic acid groups (broad SMARTS) is 1. The second-order valence-corrected chi connectivity index (χ2v) is 2.62. The summed E-state index contributed by atoms with van der Waals surface area (Å²) in [5.74, 6) is -1.67. The van der Waals surface area contributed by atoms with Crippen molar-refractivity contribution < 1.29 is 14.7 Å². The molecule has 1 amide bonds. The molecule has 1 aromatic rings. The molecular formula is C8H8N2O4. The number of amides is 1. The number of hydrogen-bond donors (Lipinski definition) is 3. The van der Waals surface area contributed by atoms with E-state index in [0.717, 1.165) is 6.07 Å². The summed E-state index contributed by atoms with van der Waals surface area (Å²) in [6.45, 7) is 1.28. The summed E-state index contributed by atoms with van der Waals surface area (Å²) in [5.41, 5.74) is -0.864. The predicted octanol–water partition coefficient (Wildman–Crippen LogP) is 0.0315. The number of carboxylic acids is 1. The maximum Gasteiger partial charge on any atom is 0.341 e. The zero-order valence-electron chi connectivity index (χ0n) is 7.33. The number of H-pyrrole nitrogens is 1. The van der Waals surface area contributed by atoms with Crippen molar-refractivity contribution in [2.45, 2.75) is 6.92 Å². The van der Waals surface area contributed by atoms with Gasteiger partial charge in [0, 0.05) is 13.1 Å². The van der Waals surface area contributed by atoms with Gasteiger partial charge in [-0.1, -0.05) is 0 Å². The molecule has 0 unspecified atom stereocenters. The average Bonchev–Trinajstić information content (AvgIpc) is 2.07. The lowest BCUT2D eigenvalue weighted by molar-refractivity contribution is -0.114. The second-order valence-electron chi connectivity index (χ2n) is 2.62. The van der Waals surface area contributed by atoms with Crippen LogP contribution in [-0.2, 0) is 4.79 Å². The van der Waals surface area contributed by atoms with Gasteiger partial charge in [0.1, 0.15) is 5.56 Å². The summed E-state index contributed by atoms with van der Waals surface area (Å²) in [5, 5.41) is 10.9. The Hall–Kier alpha value is -2.11. The molecule has 0 aliphatic heterocycles. The van der Waals surface area contributed by atoms with Crippen LogP contribution in [0.15, 0.2) is 17.1 Å². The van der Waals surface area contributed by atoms with Crippen LogP contribution in [0.5, 0.6) is 0 Å². The second kappa shape index (κ2) is 3.73. The predicted molar refractivity (Wildman–Crippen MR) is 48.3 cm³/mol. The average molecular weight is 196 g/mol. The molecule has 0 radical (unpaired) electrons. The fourth-order valence-corrected chi connectivity index (χ4v) is 0.918. The molecule has 1 rings (SSSR count). The summed E-state index contributed by atoms with van der Waals surface area (Å²) >= 11 is 0. The van der Waals surface area contributed by atoms with Gasteiger partial charge in [0.25, 0.3) is 5.56 Å². The number of rotatable bonds is 2. The molecule has 1 heterocycles. The number of pyridine rings is 1. The molecule has 74 valence electrons. The fraction of sp³-hybridized carbons (Fsp3) is 0.125. The highest BCUT2D eigenvalue weighted by molar-refractivity contribution is 5.92. The van der Waals surface area contributed by atoms with Gasteiger partial charge in [-0.2, -0.15) is 0 Å². The van der Waals surface area contributed by atoms with E-state index in [1.807, 2.05) is 0 Å². The van der Waals surface area contributed by atoms with Gasteiger partial charge in [-0.25, -0.2) is 4.79 Å². The third-order valence-corrected chi connectivity index (χ3v) is 1.45. The minimum absolute atomic E-state index is 0.245. The molecule has 14 heavy (non-hydrogen) atoms. The Balaban J connectivity index is 3.13. The summed E-state index contributed by atoms with van der Waals surface area (Å²) in [6.07, 6.45) is 1.23. The van der Waals surface area contributed by atoms with Gasteiger partial charge in [0.15, 0.2) is 0 Å². The molecule has 0 bridgehead atoms. The maximum absolute atomic E-state index is 10.9. The van der Waals surface area contributed by atoms with Crippen LogP contribution in [0.2, 0.25) is 0 Å². The van der Waals surface area contributed by atoms with E-state index in [4.69, 9.17) is 5.11 Å². The summed E-state index contributed by atoms with van der Waals surface area (Å²) in [6, 6.07) is 1.10. The van der Waals surface area contributed by atoms with Crippen molar-refractivity contribution in [2.24, 2.45) is 0 Å². The first kappa shape index (κ1) is 9.97. The van der Waals surface area contributed by atoms with Gasteiger partial charge in [0.05, 0.1) is 5.69 Å². The number of carbonyl (C=O) groups excluding carboxylic acids is 1. The zero-order valence-corrected chi connectivity index (χ0v) is 7.33. The topological polar surface area (TPSA) is 99.3 Å². The van der Waals surface area contributed by atoms with Crippen molar-refractivity contribution in [3.63, 3.8) is 0 Å². The number of aromatic carboxylic acids is 1. The first-order chi connectivity index (χ1) is 6.50. The maximum atomic E-state index is 10.9. The van der Waals surface area contributed by atoms with Crippen LogP contribution in [0.25, 0.3) is 0 Å². The number of hydrogen-bond acceptors (Lipinski definition) is 3. The van der Waals surface area contributed by atoms with Crippen molar-refractivity contribution in [1.29, 1.82) is 0 Å². The van der Waals surface area contributed by atoms with Crippen LogP contribution >= 0.6 is 0 Å². The van der Waals surface area contributed by atoms with E-state index in [-0.39, 0.29) is 11.6 Å². The van der Waals surface area contributed by atoms with Crippen LogP contribution in [0.3, 0.4) is 0 Å². The first-order valence-electron chi connectivity index (χ1n) is 3.74. The van der Waals surface area contributed by atoms with Crippen molar-refractivity contribution in [2.75, 3.05) is 5.32 Å². The van der Waals surface area contributed by atoms with E-state index in [0.29, 0.717) is 0 Å². The number of nitrogens with one attached hydrogen (secondary N) is 2. The van der Waals surface area contributed by atoms with Crippen LogP contribution in [0.1, 0.15) is 17.3 Å². The van der Waals surface area contributed by atoms with Gasteiger partial charge in [-0.3, -0.25) is 9.59 Å². The Labute approximate surface area is 78.6 Å². The zero-order chi connectivity index (χ0) is 10.7. The third kappa shape index (κ3) is 2.19. The molecule has 6 nitrogen and oxygen atoms in total. The largest absolute Gasteiger partial charge is 0.477 e. The highest BCUT2D eigenvalue weighted by atomic mass is 16.4. The normalized spacial score (nSPS) is 9.50. The van der Waals surface area contributed by atoms with Gasteiger partial charge in [-0.15, -0.1) is 0 Å². The van der Waals surface area contributed by atoms with Gasteiger partial charge >= 0.3 is 5.97 Å². The SMILES string of the molecule is CC(=O)Nc1c[nH]c(=O)c(C(=O)O)c1. The van der Waals surface area contributed by atoms with E-state index >= 15 is 0 Å². The number of carbonyl (C=O) groups is 2. The lowest BCUT2D eigenvalue weighted by atomic mass is 10.2. The molecule has 0 aromatic carbocycles. The monoisotopic (exact) mass is 196 g/mol. The van der Waals surface area contributed by atoms with Crippen molar-refractivity contribution in [3.8, 4) is 0 Å². The fourth-order valence-electron chi connectivity index (χ4n) is 0.918. The minimum atomic E-state index is -1.33. The summed E-state index contributed by atoms with van der Waals surface area (Å²) in [7, 11) is 0. The Morgan fingerprint density at radius 2 is 2.14 bits per heavy atom. The molecule has 1 aromatic heterocycles. The van der Waals surface area contributed by atoms with Gasteiger partial charge in [0.2, 0.25) is 5.91 Å². The van der Waals surface area contributed by atoms with Crippen molar-refractivity contribution >= 4 is 17.6 Å². The number of aromatic nitrogens is 1. The Kier molecular flexibility index (Phi) is 2.66. The van der Waals surface area contributed by atoms with Crippen LogP contribution in [0, 0.1) is 0 Å². The molecule has 0 fully saturated rings. The van der Waals surface area contributed by atoms with Crippen LogP contribution in [0.4, 0.5) is 5.69 Å². The summed E-state index contributed by atoms with van der Waals surface area (Å²) < 4.78 is 0. The van der Waals surface area contributed by atoms with E-state index in [1.54, 1.807) is 0 Å². The lowest BCUT2D eigenvalue weighted by Crippen LogP contribution is -2.18. The summed E-state index contributed by atoms with van der Waals surface area (Å²) in [4.78, 5) is 34.3. The highest BCUT2D eigenvalue weighted by Gasteiger charge is 2.09. The molecule has 0 saturated carbocycles. The van der Waals surface area contributed by atoms with E-state index in [1.165, 1.54) is 13.1 Å². The standard InChI is InChI=1S/C8H8N2O4/c1-4(11)10-5-2-6(8(13)14)7(12)9-3-5/h2-3H,1H3,(H,9,12)(H,10,11)(H,13,14). The molecule has 0 spiro atoms. The Bertz CT molecular complexity index is 435. The lowest BCUT2D eigenvalue weighted by Gasteiger charge is -2.01. The van der Waals surface area contributed by atoms with Crippen molar-refractivity contribution in [3.05, 3.63) is 28.2 Å². The number of anilines is 1. The third-order valence-electron chi connectivity index (χ3n) is 1.45. The smallest absolute Gasteiger partial charge is 0.341 e.